The van der Waals surface area contributed by atoms with Crippen molar-refractivity contribution in [1.82, 2.24) is 0 Å². The molecule has 0 unspecified atom stereocenters. The van der Waals surface area contributed by atoms with Crippen molar-refractivity contribution in [2.75, 3.05) is 6.54 Å². The Morgan fingerprint density at radius 2 is 1.71 bits per heavy atom. The number of nitrogens with two attached hydrogens (primary N) is 1. The third-order valence-electron chi connectivity index (χ3n) is 0.558. The number of unbranched alkanes of at least 4 members (excludes halogenated alkanes) is 1. The van der Waals surface area contributed by atoms with Gasteiger partial charge in [-0.05, 0) is 13.0 Å². The Labute approximate surface area is 90.0 Å². The Morgan fingerprint density at radius 3 is 1.71 bits per heavy atom. The summed E-state index contributed by atoms with van der Waals surface area (Å²) < 4.78 is 0. The van der Waals surface area contributed by atoms with E-state index in [1.54, 1.807) is 0 Å². The van der Waals surface area contributed by atoms with Gasteiger partial charge in [-0.25, -0.2) is 0 Å². The SMILES string of the molecule is CCCCN.[NaH].[NaH]. The zero-order valence-corrected chi connectivity index (χ0v) is 3.70. The molecule has 0 spiro atoms. The average Bonchev–Trinajstić information content (AvgIpc) is 1.41. The topological polar surface area (TPSA) is 26.0 Å². The molecule has 0 aromatic rings. The van der Waals surface area contributed by atoms with Crippen LogP contribution in [0.15, 0.2) is 0 Å². The molecule has 0 aromatic heterocycles. The van der Waals surface area contributed by atoms with Crippen molar-refractivity contribution in [1.29, 1.82) is 0 Å². The fourth-order valence-electron chi connectivity index (χ4n) is 0.204. The van der Waals surface area contributed by atoms with Crippen molar-refractivity contribution in [3.8, 4) is 0 Å². The molecular formula is C4H13NNa2. The van der Waals surface area contributed by atoms with Gasteiger partial charge in [0, 0.05) is 0 Å². The van der Waals surface area contributed by atoms with Crippen LogP contribution in [0.2, 0.25) is 0 Å². The Morgan fingerprint density at radius 1 is 1.29 bits per heavy atom. The van der Waals surface area contributed by atoms with E-state index in [9.17, 15) is 0 Å². The van der Waals surface area contributed by atoms with Crippen molar-refractivity contribution in [3.05, 3.63) is 0 Å². The minimum absolute atomic E-state index is 0. The molecule has 0 aliphatic rings. The zero-order valence-electron chi connectivity index (χ0n) is 3.70. The fourth-order valence-corrected chi connectivity index (χ4v) is 0.204. The van der Waals surface area contributed by atoms with E-state index in [0.717, 1.165) is 6.54 Å². The van der Waals surface area contributed by atoms with E-state index in [0.29, 0.717) is 0 Å². The van der Waals surface area contributed by atoms with Crippen LogP contribution in [-0.4, -0.2) is 65.7 Å². The molecule has 0 fully saturated rings. The summed E-state index contributed by atoms with van der Waals surface area (Å²) in [4.78, 5) is 0. The van der Waals surface area contributed by atoms with Crippen molar-refractivity contribution >= 4 is 59.1 Å². The van der Waals surface area contributed by atoms with E-state index in [1.165, 1.54) is 12.8 Å². The van der Waals surface area contributed by atoms with Crippen LogP contribution in [0.1, 0.15) is 19.8 Å². The molecule has 0 saturated heterocycles. The molecule has 0 aliphatic heterocycles. The monoisotopic (exact) mass is 121 g/mol. The van der Waals surface area contributed by atoms with Gasteiger partial charge in [-0.3, -0.25) is 0 Å². The second-order valence-electron chi connectivity index (χ2n) is 1.14. The minimum atomic E-state index is 0. The first-order valence-corrected chi connectivity index (χ1v) is 2.12. The van der Waals surface area contributed by atoms with Crippen LogP contribution in [0, 0.1) is 0 Å². The summed E-state index contributed by atoms with van der Waals surface area (Å²) in [5.74, 6) is 0. The van der Waals surface area contributed by atoms with Crippen LogP contribution in [0.25, 0.3) is 0 Å². The first-order valence-electron chi connectivity index (χ1n) is 2.12. The number of rotatable bonds is 2. The van der Waals surface area contributed by atoms with Gasteiger partial charge in [-0.2, -0.15) is 0 Å². The Kier molecular flexibility index (Phi) is 35.8. The molecule has 0 atom stereocenters. The molecule has 0 aliphatic carbocycles. The van der Waals surface area contributed by atoms with Gasteiger partial charge in [-0.1, -0.05) is 13.3 Å². The van der Waals surface area contributed by atoms with Crippen molar-refractivity contribution in [3.63, 3.8) is 0 Å². The Balaban J connectivity index is -0.0000000800. The molecule has 0 saturated carbocycles. The van der Waals surface area contributed by atoms with Gasteiger partial charge >= 0.3 is 59.1 Å². The Bertz CT molecular complexity index is 17.2. The van der Waals surface area contributed by atoms with Gasteiger partial charge in [0.05, 0.1) is 0 Å². The van der Waals surface area contributed by atoms with Gasteiger partial charge in [0.1, 0.15) is 0 Å². The predicted molar refractivity (Wildman–Crippen MR) is 38.3 cm³/mol. The van der Waals surface area contributed by atoms with E-state index in [-0.39, 0.29) is 59.1 Å². The van der Waals surface area contributed by atoms with Crippen LogP contribution >= 0.6 is 0 Å². The first-order chi connectivity index (χ1) is 2.41. The summed E-state index contributed by atoms with van der Waals surface area (Å²) in [5.41, 5.74) is 5.14. The molecule has 0 heterocycles. The molecule has 36 valence electrons. The van der Waals surface area contributed by atoms with Crippen LogP contribution in [0.5, 0.6) is 0 Å². The summed E-state index contributed by atoms with van der Waals surface area (Å²) in [7, 11) is 0. The van der Waals surface area contributed by atoms with Gasteiger partial charge in [0.15, 0.2) is 0 Å². The third-order valence-corrected chi connectivity index (χ3v) is 0.558. The van der Waals surface area contributed by atoms with E-state index in [2.05, 4.69) is 6.92 Å². The first kappa shape index (κ1) is 16.0. The van der Waals surface area contributed by atoms with Gasteiger partial charge in [0.25, 0.3) is 0 Å². The quantitative estimate of drug-likeness (QED) is 0.487. The van der Waals surface area contributed by atoms with E-state index in [1.807, 2.05) is 0 Å². The molecule has 0 bridgehead atoms. The standard InChI is InChI=1S/C4H11N.2Na.2H/c1-2-3-4-5;;;;/h2-5H2,1H3;;;;. The molecule has 0 rings (SSSR count). The van der Waals surface area contributed by atoms with Crippen LogP contribution in [0.4, 0.5) is 0 Å². The maximum absolute atomic E-state index is 5.14. The third kappa shape index (κ3) is 18.0. The van der Waals surface area contributed by atoms with Crippen LogP contribution < -0.4 is 5.73 Å². The van der Waals surface area contributed by atoms with E-state index in [4.69, 9.17) is 5.73 Å². The number of hydrogen-bond acceptors (Lipinski definition) is 1. The molecule has 3 heteroatoms. The van der Waals surface area contributed by atoms with Gasteiger partial charge < -0.3 is 5.73 Å². The molecule has 7 heavy (non-hydrogen) atoms. The summed E-state index contributed by atoms with van der Waals surface area (Å²) in [6, 6.07) is 0. The molecule has 0 amide bonds. The normalized spacial score (nSPS) is 6.00. The second-order valence-corrected chi connectivity index (χ2v) is 1.14. The van der Waals surface area contributed by atoms with Crippen molar-refractivity contribution < 1.29 is 0 Å². The predicted octanol–water partition coefficient (Wildman–Crippen LogP) is -0.552. The average molecular weight is 121 g/mol. The van der Waals surface area contributed by atoms with Gasteiger partial charge in [-0.15, -0.1) is 0 Å². The van der Waals surface area contributed by atoms with E-state index < -0.39 is 0 Å². The fraction of sp³-hybridized carbons (Fsp3) is 1.00. The van der Waals surface area contributed by atoms with Crippen molar-refractivity contribution in [2.45, 2.75) is 19.8 Å². The summed E-state index contributed by atoms with van der Waals surface area (Å²) >= 11 is 0. The van der Waals surface area contributed by atoms with Crippen molar-refractivity contribution in [2.24, 2.45) is 5.73 Å². The summed E-state index contributed by atoms with van der Waals surface area (Å²) in [6.45, 7) is 2.98. The van der Waals surface area contributed by atoms with E-state index >= 15 is 0 Å². The molecule has 0 radical (unpaired) electrons. The van der Waals surface area contributed by atoms with Gasteiger partial charge in [0.2, 0.25) is 0 Å². The molecular weight excluding hydrogens is 108 g/mol. The summed E-state index contributed by atoms with van der Waals surface area (Å²) in [5, 5.41) is 0. The molecule has 0 aromatic carbocycles. The second kappa shape index (κ2) is 15.7. The van der Waals surface area contributed by atoms with Crippen LogP contribution in [0.3, 0.4) is 0 Å². The molecule has 2 N–H and O–H groups in total. The summed E-state index contributed by atoms with van der Waals surface area (Å²) in [6.07, 6.45) is 2.39. The number of hydrogen-bond donors (Lipinski definition) is 1. The Hall–Kier alpha value is 1.96. The molecule has 1 nitrogen and oxygen atoms in total. The maximum atomic E-state index is 5.14. The zero-order chi connectivity index (χ0) is 4.12. The van der Waals surface area contributed by atoms with Crippen LogP contribution in [-0.2, 0) is 0 Å².